The summed E-state index contributed by atoms with van der Waals surface area (Å²) in [7, 11) is 10.8. The van der Waals surface area contributed by atoms with Crippen LogP contribution in [0.4, 0.5) is 0 Å². The molecular weight excluding hydrogens is 504 g/mol. The van der Waals surface area contributed by atoms with Crippen molar-refractivity contribution < 1.29 is 38.0 Å². The van der Waals surface area contributed by atoms with Gasteiger partial charge in [0, 0.05) is 17.5 Å². The molecule has 0 bridgehead atoms. The zero-order valence-electron chi connectivity index (χ0n) is 23.1. The van der Waals surface area contributed by atoms with Gasteiger partial charge in [0.05, 0.1) is 61.5 Å². The minimum atomic E-state index is -0.431. The van der Waals surface area contributed by atoms with Gasteiger partial charge in [-0.25, -0.2) is 5.01 Å². The number of rotatable bonds is 10. The maximum atomic E-state index is 14.0. The molecule has 10 nitrogen and oxygen atoms in total. The van der Waals surface area contributed by atoms with Crippen molar-refractivity contribution in [3.05, 3.63) is 65.2 Å². The van der Waals surface area contributed by atoms with Gasteiger partial charge >= 0.3 is 0 Å². The Bertz CT molecular complexity index is 1360. The Morgan fingerprint density at radius 1 is 0.667 bits per heavy atom. The fraction of sp³-hybridized carbons (Fsp3) is 0.310. The molecule has 3 aromatic carbocycles. The highest BCUT2D eigenvalue weighted by atomic mass is 16.5. The van der Waals surface area contributed by atoms with Crippen molar-refractivity contribution in [2.45, 2.75) is 12.5 Å². The third-order valence-electron chi connectivity index (χ3n) is 6.54. The number of amides is 1. The lowest BCUT2D eigenvalue weighted by molar-refractivity contribution is 0.0710. The van der Waals surface area contributed by atoms with Crippen molar-refractivity contribution >= 4 is 11.6 Å². The number of ether oxygens (including phenoxy) is 7. The van der Waals surface area contributed by atoms with E-state index in [-0.39, 0.29) is 5.91 Å². The quantitative estimate of drug-likeness (QED) is 0.367. The molecule has 4 rings (SSSR count). The van der Waals surface area contributed by atoms with E-state index in [1.54, 1.807) is 40.6 Å². The Hall–Kier alpha value is -4.60. The molecule has 0 spiro atoms. The monoisotopic (exact) mass is 536 g/mol. The lowest BCUT2D eigenvalue weighted by Gasteiger charge is -2.23. The summed E-state index contributed by atoms with van der Waals surface area (Å²) < 4.78 is 38.2. The van der Waals surface area contributed by atoms with Crippen LogP contribution >= 0.6 is 0 Å². The molecule has 39 heavy (non-hydrogen) atoms. The first-order valence-electron chi connectivity index (χ1n) is 12.1. The number of methoxy groups -OCH3 is 7. The molecule has 1 unspecified atom stereocenters. The van der Waals surface area contributed by atoms with Crippen LogP contribution in [0.2, 0.25) is 0 Å². The molecule has 206 valence electrons. The van der Waals surface area contributed by atoms with Gasteiger partial charge in [-0.2, -0.15) is 5.10 Å². The highest BCUT2D eigenvalue weighted by molar-refractivity contribution is 6.05. The van der Waals surface area contributed by atoms with Gasteiger partial charge in [-0.1, -0.05) is 6.07 Å². The van der Waals surface area contributed by atoms with Crippen LogP contribution in [0, 0.1) is 0 Å². The molecule has 0 aromatic heterocycles. The summed E-state index contributed by atoms with van der Waals surface area (Å²) in [6.07, 6.45) is 0.446. The first-order valence-corrected chi connectivity index (χ1v) is 12.1. The average Bonchev–Trinajstić information content (AvgIpc) is 3.44. The summed E-state index contributed by atoms with van der Waals surface area (Å²) >= 11 is 0. The lowest BCUT2D eigenvalue weighted by atomic mass is 9.97. The number of hydrogen-bond donors (Lipinski definition) is 0. The van der Waals surface area contributed by atoms with Crippen molar-refractivity contribution in [1.29, 1.82) is 0 Å². The number of hydrazone groups is 1. The maximum Gasteiger partial charge on any atom is 0.274 e. The van der Waals surface area contributed by atoms with Gasteiger partial charge in [0.2, 0.25) is 5.75 Å². The zero-order chi connectivity index (χ0) is 28.1. The van der Waals surface area contributed by atoms with Crippen LogP contribution < -0.4 is 33.2 Å². The van der Waals surface area contributed by atoms with Crippen LogP contribution in [0.3, 0.4) is 0 Å². The summed E-state index contributed by atoms with van der Waals surface area (Å²) in [6, 6.07) is 13.9. The molecule has 0 fully saturated rings. The minimum absolute atomic E-state index is 0.326. The Labute approximate surface area is 227 Å². The van der Waals surface area contributed by atoms with E-state index in [0.717, 1.165) is 11.1 Å². The first-order chi connectivity index (χ1) is 18.9. The number of hydrogen-bond acceptors (Lipinski definition) is 9. The molecule has 1 amide bonds. The van der Waals surface area contributed by atoms with Crippen LogP contribution in [0.1, 0.15) is 33.9 Å². The van der Waals surface area contributed by atoms with E-state index in [9.17, 15) is 4.79 Å². The smallest absolute Gasteiger partial charge is 0.274 e. The van der Waals surface area contributed by atoms with Gasteiger partial charge < -0.3 is 33.2 Å². The van der Waals surface area contributed by atoms with Crippen LogP contribution in [-0.4, -0.2) is 66.4 Å². The summed E-state index contributed by atoms with van der Waals surface area (Å²) in [6.45, 7) is 0. The fourth-order valence-electron chi connectivity index (χ4n) is 4.54. The second-order valence-corrected chi connectivity index (χ2v) is 8.51. The summed E-state index contributed by atoms with van der Waals surface area (Å²) in [5.41, 5.74) is 2.66. The van der Waals surface area contributed by atoms with Crippen LogP contribution in [-0.2, 0) is 0 Å². The second kappa shape index (κ2) is 11.8. The molecule has 0 aliphatic carbocycles. The van der Waals surface area contributed by atoms with Crippen molar-refractivity contribution in [3.8, 4) is 40.2 Å². The van der Waals surface area contributed by atoms with E-state index in [1.165, 1.54) is 26.3 Å². The molecule has 10 heteroatoms. The normalized spacial score (nSPS) is 14.4. The van der Waals surface area contributed by atoms with Crippen molar-refractivity contribution in [1.82, 2.24) is 5.01 Å². The van der Waals surface area contributed by atoms with Crippen LogP contribution in [0.5, 0.6) is 40.2 Å². The highest BCUT2D eigenvalue weighted by Gasteiger charge is 2.35. The van der Waals surface area contributed by atoms with Gasteiger partial charge in [-0.3, -0.25) is 4.79 Å². The first kappa shape index (κ1) is 27.4. The molecule has 0 radical (unpaired) electrons. The summed E-state index contributed by atoms with van der Waals surface area (Å²) in [5, 5.41) is 6.26. The fourth-order valence-corrected chi connectivity index (χ4v) is 4.54. The standard InChI is InChI=1S/C29H32N2O8/c1-33-22-10-8-17(12-24(22)35-3)20-16-21(18-9-11-23(34-2)25(13-18)36-4)31(30-20)29(32)19-14-26(37-5)28(39-7)27(15-19)38-6/h8-15,21H,16H2,1-7H3. The van der Waals surface area contributed by atoms with Crippen LogP contribution in [0.25, 0.3) is 0 Å². The largest absolute Gasteiger partial charge is 0.493 e. The van der Waals surface area contributed by atoms with E-state index >= 15 is 0 Å². The number of nitrogens with zero attached hydrogens (tertiary/aromatic N) is 2. The van der Waals surface area contributed by atoms with Gasteiger partial charge in [-0.15, -0.1) is 0 Å². The van der Waals surface area contributed by atoms with E-state index in [0.29, 0.717) is 57.9 Å². The van der Waals surface area contributed by atoms with Crippen molar-refractivity contribution in [3.63, 3.8) is 0 Å². The molecule has 1 aliphatic rings. The predicted molar refractivity (Wildman–Crippen MR) is 145 cm³/mol. The van der Waals surface area contributed by atoms with E-state index in [4.69, 9.17) is 38.3 Å². The topological polar surface area (TPSA) is 97.3 Å². The number of carbonyl (C=O) groups is 1. The summed E-state index contributed by atoms with van der Waals surface area (Å²) in [4.78, 5) is 14.0. The van der Waals surface area contributed by atoms with Crippen LogP contribution in [0.15, 0.2) is 53.6 Å². The maximum absolute atomic E-state index is 14.0. The molecule has 1 heterocycles. The van der Waals surface area contributed by atoms with Gasteiger partial charge in [0.15, 0.2) is 34.5 Å². The number of benzene rings is 3. The molecule has 1 aliphatic heterocycles. The minimum Gasteiger partial charge on any atom is -0.493 e. The molecule has 1 atom stereocenters. The molecule has 0 N–H and O–H groups in total. The molecule has 0 saturated heterocycles. The van der Waals surface area contributed by atoms with E-state index in [2.05, 4.69) is 0 Å². The third kappa shape index (κ3) is 5.22. The molecule has 0 saturated carbocycles. The SMILES string of the molecule is COc1ccc(C2=NN(C(=O)c3cc(OC)c(OC)c(OC)c3)C(c3ccc(OC)c(OC)c3)C2)cc1OC. The van der Waals surface area contributed by atoms with Crippen molar-refractivity contribution in [2.24, 2.45) is 5.10 Å². The van der Waals surface area contributed by atoms with Gasteiger partial charge in [0.25, 0.3) is 5.91 Å². The van der Waals surface area contributed by atoms with Crippen molar-refractivity contribution in [2.75, 3.05) is 49.8 Å². The Morgan fingerprint density at radius 2 is 1.21 bits per heavy atom. The second-order valence-electron chi connectivity index (χ2n) is 8.51. The lowest BCUT2D eigenvalue weighted by Crippen LogP contribution is -2.27. The molecular formula is C29H32N2O8. The average molecular weight is 537 g/mol. The summed E-state index contributed by atoms with van der Waals surface area (Å²) in [5.74, 6) is 3.08. The molecule has 3 aromatic rings. The van der Waals surface area contributed by atoms with Gasteiger partial charge in [0.1, 0.15) is 0 Å². The Morgan fingerprint density at radius 3 is 1.74 bits per heavy atom. The van der Waals surface area contributed by atoms with E-state index in [1.807, 2.05) is 36.4 Å². The Balaban J connectivity index is 1.82. The predicted octanol–water partition coefficient (Wildman–Crippen LogP) is 4.74. The number of carbonyl (C=O) groups excluding carboxylic acids is 1. The van der Waals surface area contributed by atoms with Gasteiger partial charge in [-0.05, 0) is 48.0 Å². The van der Waals surface area contributed by atoms with E-state index < -0.39 is 6.04 Å². The highest BCUT2D eigenvalue weighted by Crippen LogP contribution is 2.42. The Kier molecular flexibility index (Phi) is 8.33. The third-order valence-corrected chi connectivity index (χ3v) is 6.54. The zero-order valence-corrected chi connectivity index (χ0v) is 23.1.